The van der Waals surface area contributed by atoms with E-state index in [1.54, 1.807) is 9.13 Å². The number of aromatic nitrogens is 4. The lowest BCUT2D eigenvalue weighted by molar-refractivity contribution is -0.116. The Bertz CT molecular complexity index is 924. The fourth-order valence-corrected chi connectivity index (χ4v) is 3.28. The molecule has 0 aliphatic carbocycles. The lowest BCUT2D eigenvalue weighted by atomic mass is 10.3. The van der Waals surface area contributed by atoms with Crippen molar-refractivity contribution in [1.29, 1.82) is 0 Å². The van der Waals surface area contributed by atoms with Crippen LogP contribution in [0.25, 0.3) is 11.0 Å². The highest BCUT2D eigenvalue weighted by atomic mass is 32.1. The number of imidazole rings is 1. The molecule has 2 heterocycles. The summed E-state index contributed by atoms with van der Waals surface area (Å²) in [5.41, 5.74) is 1.69. The quantitative estimate of drug-likeness (QED) is 0.744. The van der Waals surface area contributed by atoms with Gasteiger partial charge in [0.2, 0.25) is 11.0 Å². The number of carbonyl (C=O) groups excluding carboxylic acids is 1. The number of aryl methyl sites for hydroxylation is 3. The second-order valence-electron chi connectivity index (χ2n) is 5.50. The third-order valence-corrected chi connectivity index (χ3v) is 4.46. The third-order valence-electron chi connectivity index (χ3n) is 3.71. The molecule has 24 heavy (non-hydrogen) atoms. The number of fused-ring (bicyclic) bond motifs is 1. The summed E-state index contributed by atoms with van der Waals surface area (Å²) in [7, 11) is 0. The van der Waals surface area contributed by atoms with Crippen molar-refractivity contribution in [2.75, 3.05) is 5.32 Å². The van der Waals surface area contributed by atoms with E-state index in [0.717, 1.165) is 22.5 Å². The second kappa shape index (κ2) is 6.96. The Morgan fingerprint density at radius 2 is 1.83 bits per heavy atom. The van der Waals surface area contributed by atoms with Gasteiger partial charge in [0.25, 0.3) is 0 Å². The minimum atomic E-state index is -0.176. The predicted molar refractivity (Wildman–Crippen MR) is 94.4 cm³/mol. The maximum absolute atomic E-state index is 12.6. The molecule has 3 rings (SSSR count). The van der Waals surface area contributed by atoms with Crippen molar-refractivity contribution in [2.45, 2.75) is 39.8 Å². The van der Waals surface area contributed by atoms with Crippen LogP contribution in [0, 0.1) is 6.92 Å². The van der Waals surface area contributed by atoms with Crippen LogP contribution in [0.2, 0.25) is 0 Å². The van der Waals surface area contributed by atoms with Crippen molar-refractivity contribution in [3.05, 3.63) is 39.8 Å². The predicted octanol–water partition coefficient (Wildman–Crippen LogP) is 2.40. The molecule has 2 aromatic heterocycles. The van der Waals surface area contributed by atoms with Gasteiger partial charge in [-0.05, 0) is 25.5 Å². The van der Waals surface area contributed by atoms with E-state index in [-0.39, 0.29) is 18.0 Å². The highest BCUT2D eigenvalue weighted by molar-refractivity contribution is 7.15. The molecular formula is C16H19N5O2S. The van der Waals surface area contributed by atoms with E-state index in [2.05, 4.69) is 15.5 Å². The number of anilines is 1. The van der Waals surface area contributed by atoms with E-state index >= 15 is 0 Å². The van der Waals surface area contributed by atoms with Crippen LogP contribution in [0.15, 0.2) is 29.1 Å². The summed E-state index contributed by atoms with van der Waals surface area (Å²) in [6.07, 6.45) is 1.09. The minimum absolute atomic E-state index is 0.0717. The molecule has 0 saturated heterocycles. The average Bonchev–Trinajstić information content (AvgIpc) is 3.08. The molecule has 3 aromatic rings. The Labute approximate surface area is 142 Å². The van der Waals surface area contributed by atoms with Crippen LogP contribution in [0.5, 0.6) is 0 Å². The molecule has 0 spiro atoms. The van der Waals surface area contributed by atoms with Crippen molar-refractivity contribution in [3.63, 3.8) is 0 Å². The van der Waals surface area contributed by atoms with E-state index in [1.807, 2.05) is 38.1 Å². The molecule has 0 aliphatic heterocycles. The van der Waals surface area contributed by atoms with E-state index in [0.29, 0.717) is 18.2 Å². The number of nitrogens with one attached hydrogen (secondary N) is 1. The average molecular weight is 345 g/mol. The number of benzene rings is 1. The van der Waals surface area contributed by atoms with Crippen molar-refractivity contribution in [3.8, 4) is 0 Å². The number of hydrogen-bond acceptors (Lipinski definition) is 5. The lowest BCUT2D eigenvalue weighted by Gasteiger charge is -2.03. The summed E-state index contributed by atoms with van der Waals surface area (Å²) in [6.45, 7) is 4.87. The summed E-state index contributed by atoms with van der Waals surface area (Å²) >= 11 is 1.33. The Morgan fingerprint density at radius 1 is 1.17 bits per heavy atom. The molecular weight excluding hydrogens is 326 g/mol. The molecule has 0 bridgehead atoms. The van der Waals surface area contributed by atoms with Crippen LogP contribution in [0.4, 0.5) is 5.13 Å². The van der Waals surface area contributed by atoms with Crippen LogP contribution >= 0.6 is 11.3 Å². The first-order valence-corrected chi connectivity index (χ1v) is 8.70. The molecule has 0 unspecified atom stereocenters. The number of carbonyl (C=O) groups is 1. The van der Waals surface area contributed by atoms with Crippen LogP contribution in [0.3, 0.4) is 0 Å². The summed E-state index contributed by atoms with van der Waals surface area (Å²) in [4.78, 5) is 24.7. The van der Waals surface area contributed by atoms with Gasteiger partial charge < -0.3 is 5.32 Å². The Balaban J connectivity index is 1.78. The molecule has 1 amide bonds. The van der Waals surface area contributed by atoms with E-state index in [4.69, 9.17) is 0 Å². The maximum Gasteiger partial charge on any atom is 0.329 e. The maximum atomic E-state index is 12.6. The summed E-state index contributed by atoms with van der Waals surface area (Å²) < 4.78 is 3.43. The zero-order valence-electron chi connectivity index (χ0n) is 13.7. The highest BCUT2D eigenvalue weighted by Crippen LogP contribution is 2.15. The van der Waals surface area contributed by atoms with Crippen molar-refractivity contribution >= 4 is 33.4 Å². The molecule has 0 fully saturated rings. The summed E-state index contributed by atoms with van der Waals surface area (Å²) in [5, 5.41) is 11.7. The molecule has 1 N–H and O–H groups in total. The van der Waals surface area contributed by atoms with Gasteiger partial charge in [-0.1, -0.05) is 30.4 Å². The molecule has 0 saturated carbocycles. The number of rotatable bonds is 6. The van der Waals surface area contributed by atoms with Crippen LogP contribution in [-0.4, -0.2) is 25.2 Å². The van der Waals surface area contributed by atoms with E-state index in [1.165, 1.54) is 11.3 Å². The van der Waals surface area contributed by atoms with Gasteiger partial charge in [-0.25, -0.2) is 4.79 Å². The van der Waals surface area contributed by atoms with Crippen molar-refractivity contribution in [1.82, 2.24) is 19.3 Å². The third kappa shape index (κ3) is 3.23. The Morgan fingerprint density at radius 3 is 2.42 bits per heavy atom. The number of para-hydroxylation sites is 2. The van der Waals surface area contributed by atoms with E-state index in [9.17, 15) is 9.59 Å². The largest absolute Gasteiger partial charge is 0.329 e. The summed E-state index contributed by atoms with van der Waals surface area (Å²) in [5.74, 6) is -0.176. The topological polar surface area (TPSA) is 81.8 Å². The first-order valence-electron chi connectivity index (χ1n) is 7.88. The normalized spacial score (nSPS) is 11.1. The fourth-order valence-electron chi connectivity index (χ4n) is 2.67. The molecule has 0 radical (unpaired) electrons. The Hall–Kier alpha value is -2.48. The molecule has 0 aliphatic rings. The standard InChI is InChI=1S/C16H19N5O2S/c1-3-9-20-12-6-4-5-7-13(12)21(16(20)23)10-8-14(22)17-15-19-18-11(2)24-15/h4-7H,3,8-10H2,1-2H3,(H,17,19,22). The van der Waals surface area contributed by atoms with Gasteiger partial charge >= 0.3 is 5.69 Å². The van der Waals surface area contributed by atoms with Crippen molar-refractivity contribution < 1.29 is 4.79 Å². The SMILES string of the molecule is CCCn1c(=O)n(CCC(=O)Nc2nnc(C)s2)c2ccccc21. The summed E-state index contributed by atoms with van der Waals surface area (Å²) in [6, 6.07) is 7.67. The van der Waals surface area contributed by atoms with E-state index < -0.39 is 0 Å². The monoisotopic (exact) mass is 345 g/mol. The van der Waals surface area contributed by atoms with Gasteiger partial charge in [0.1, 0.15) is 5.01 Å². The fraction of sp³-hybridized carbons (Fsp3) is 0.375. The second-order valence-corrected chi connectivity index (χ2v) is 6.68. The number of amides is 1. The number of hydrogen-bond donors (Lipinski definition) is 1. The molecule has 1 aromatic carbocycles. The Kier molecular flexibility index (Phi) is 4.75. The van der Waals surface area contributed by atoms with Crippen LogP contribution in [0.1, 0.15) is 24.8 Å². The van der Waals surface area contributed by atoms with Gasteiger partial charge in [0, 0.05) is 19.5 Å². The smallest absolute Gasteiger partial charge is 0.300 e. The number of nitrogens with zero attached hydrogens (tertiary/aromatic N) is 4. The minimum Gasteiger partial charge on any atom is -0.300 e. The molecule has 0 atom stereocenters. The van der Waals surface area contributed by atoms with Crippen LogP contribution < -0.4 is 11.0 Å². The van der Waals surface area contributed by atoms with Gasteiger partial charge in [0.15, 0.2) is 0 Å². The lowest BCUT2D eigenvalue weighted by Crippen LogP contribution is -2.26. The zero-order valence-corrected chi connectivity index (χ0v) is 14.5. The molecule has 126 valence electrons. The first kappa shape index (κ1) is 16.4. The van der Waals surface area contributed by atoms with Gasteiger partial charge in [-0.15, -0.1) is 10.2 Å². The first-order chi connectivity index (χ1) is 11.6. The van der Waals surface area contributed by atoms with Gasteiger partial charge in [-0.2, -0.15) is 0 Å². The molecule has 7 nitrogen and oxygen atoms in total. The molecule has 8 heteroatoms. The van der Waals surface area contributed by atoms with Crippen molar-refractivity contribution in [2.24, 2.45) is 0 Å². The van der Waals surface area contributed by atoms with Gasteiger partial charge in [0.05, 0.1) is 11.0 Å². The zero-order chi connectivity index (χ0) is 17.1. The van der Waals surface area contributed by atoms with Gasteiger partial charge in [-0.3, -0.25) is 13.9 Å². The highest BCUT2D eigenvalue weighted by Gasteiger charge is 2.14. The van der Waals surface area contributed by atoms with Crippen LogP contribution in [-0.2, 0) is 17.9 Å².